The zero-order valence-corrected chi connectivity index (χ0v) is 23.6. The third-order valence-electron chi connectivity index (χ3n) is 6.76. The first-order valence-corrected chi connectivity index (χ1v) is 13.6. The maximum absolute atomic E-state index is 6.54. The van der Waals surface area contributed by atoms with Crippen LogP contribution in [0.5, 0.6) is 11.5 Å². The minimum absolute atomic E-state index is 0.336. The maximum Gasteiger partial charge on any atom is 0.175 e. The van der Waals surface area contributed by atoms with Crippen molar-refractivity contribution in [3.05, 3.63) is 82.9 Å². The molecule has 0 aliphatic carbocycles. The lowest BCUT2D eigenvalue weighted by Crippen LogP contribution is -2.50. The van der Waals surface area contributed by atoms with Gasteiger partial charge in [0.25, 0.3) is 0 Å². The Balaban J connectivity index is 1.18. The number of halogens is 1. The molecule has 1 saturated heterocycles. The van der Waals surface area contributed by atoms with Crippen LogP contribution in [0.4, 0.5) is 17.1 Å². The van der Waals surface area contributed by atoms with E-state index in [0.29, 0.717) is 15.2 Å². The number of methoxy groups -OCH3 is 1. The highest BCUT2D eigenvalue weighted by molar-refractivity contribution is 7.80. The fourth-order valence-corrected chi connectivity index (χ4v) is 5.35. The number of piperidine rings is 1. The van der Waals surface area contributed by atoms with E-state index in [-0.39, 0.29) is 5.60 Å². The molecule has 3 aromatic rings. The van der Waals surface area contributed by atoms with E-state index in [4.69, 9.17) is 45.5 Å². The van der Waals surface area contributed by atoms with Crippen molar-refractivity contribution in [3.8, 4) is 11.5 Å². The van der Waals surface area contributed by atoms with Gasteiger partial charge in [-0.3, -0.25) is 0 Å². The van der Waals surface area contributed by atoms with Gasteiger partial charge in [-0.05, 0) is 85.5 Å². The molecule has 3 N–H and O–H groups in total. The normalized spacial score (nSPS) is 15.3. The van der Waals surface area contributed by atoms with Crippen molar-refractivity contribution >= 4 is 69.4 Å². The number of likely N-dealkylation sites (tertiary alicyclic amines) is 1. The molecule has 2 aliphatic heterocycles. The van der Waals surface area contributed by atoms with Gasteiger partial charge in [0.2, 0.25) is 0 Å². The van der Waals surface area contributed by atoms with E-state index in [1.54, 1.807) is 7.11 Å². The zero-order chi connectivity index (χ0) is 26.7. The largest absolute Gasteiger partial charge is 0.495 e. The summed E-state index contributed by atoms with van der Waals surface area (Å²) in [5.74, 6) is 1.63. The summed E-state index contributed by atoms with van der Waals surface area (Å²) in [6.07, 6.45) is 5.99. The van der Waals surface area contributed by atoms with Crippen LogP contribution in [0.25, 0.3) is 6.08 Å². The molecule has 2 heterocycles. The third kappa shape index (κ3) is 5.88. The molecule has 0 radical (unpaired) electrons. The molecule has 0 saturated carbocycles. The molecule has 0 amide bonds. The van der Waals surface area contributed by atoms with Gasteiger partial charge in [-0.25, -0.2) is 0 Å². The summed E-state index contributed by atoms with van der Waals surface area (Å²) in [7, 11) is 1.66. The van der Waals surface area contributed by atoms with Gasteiger partial charge in [0.05, 0.1) is 23.5 Å². The number of nitrogens with one attached hydrogen (secondary N) is 3. The van der Waals surface area contributed by atoms with Crippen LogP contribution in [0.15, 0.2) is 66.7 Å². The van der Waals surface area contributed by atoms with Crippen LogP contribution in [0.2, 0.25) is 5.02 Å². The van der Waals surface area contributed by atoms with Crippen molar-refractivity contribution in [2.45, 2.75) is 25.4 Å². The second-order valence-electron chi connectivity index (χ2n) is 9.43. The minimum atomic E-state index is -0.336. The highest BCUT2D eigenvalue weighted by Crippen LogP contribution is 2.38. The molecule has 2 aliphatic rings. The van der Waals surface area contributed by atoms with Crippen molar-refractivity contribution in [1.82, 2.24) is 4.90 Å². The van der Waals surface area contributed by atoms with Crippen LogP contribution in [-0.2, 0) is 0 Å². The average Bonchev–Trinajstić information content (AvgIpc) is 2.91. The molecule has 0 atom stereocenters. The number of ether oxygens (including phenoxy) is 2. The average molecular weight is 565 g/mol. The molecule has 0 bridgehead atoms. The highest BCUT2D eigenvalue weighted by Gasteiger charge is 2.37. The number of rotatable bonds is 4. The van der Waals surface area contributed by atoms with Gasteiger partial charge >= 0.3 is 0 Å². The van der Waals surface area contributed by atoms with E-state index in [1.165, 1.54) is 0 Å². The van der Waals surface area contributed by atoms with Crippen LogP contribution >= 0.6 is 36.0 Å². The number of thiocarbonyl (C=S) groups is 2. The second-order valence-corrected chi connectivity index (χ2v) is 10.6. The number of benzene rings is 3. The van der Waals surface area contributed by atoms with Gasteiger partial charge in [0.15, 0.2) is 10.2 Å². The minimum Gasteiger partial charge on any atom is -0.495 e. The zero-order valence-electron chi connectivity index (χ0n) is 21.2. The van der Waals surface area contributed by atoms with Gasteiger partial charge < -0.3 is 30.3 Å². The van der Waals surface area contributed by atoms with Crippen LogP contribution in [0.1, 0.15) is 24.0 Å². The summed E-state index contributed by atoms with van der Waals surface area (Å²) < 4.78 is 12.0. The molecule has 196 valence electrons. The smallest absolute Gasteiger partial charge is 0.175 e. The van der Waals surface area contributed by atoms with Crippen molar-refractivity contribution in [2.75, 3.05) is 36.1 Å². The lowest BCUT2D eigenvalue weighted by Gasteiger charge is -2.42. The van der Waals surface area contributed by atoms with Crippen LogP contribution in [-0.4, -0.2) is 40.9 Å². The first-order chi connectivity index (χ1) is 18.3. The summed E-state index contributed by atoms with van der Waals surface area (Å²) in [4.78, 5) is 2.18. The maximum atomic E-state index is 6.54. The Bertz CT molecular complexity index is 1400. The summed E-state index contributed by atoms with van der Waals surface area (Å²) in [6.45, 7) is 3.60. The molecule has 6 nitrogen and oxygen atoms in total. The molecule has 1 fully saturated rings. The van der Waals surface area contributed by atoms with E-state index in [1.807, 2.05) is 67.6 Å². The first-order valence-electron chi connectivity index (χ1n) is 12.4. The summed E-state index contributed by atoms with van der Waals surface area (Å²) in [6, 6.07) is 19.6. The third-order valence-corrected chi connectivity index (χ3v) is 7.66. The molecule has 0 unspecified atom stereocenters. The number of fused-ring (bicyclic) bond motifs is 1. The number of aryl methyl sites for hydroxylation is 1. The molecule has 9 heteroatoms. The van der Waals surface area contributed by atoms with Crippen molar-refractivity contribution < 1.29 is 9.47 Å². The fraction of sp³-hybridized carbons (Fsp3) is 0.241. The Morgan fingerprint density at radius 3 is 2.55 bits per heavy atom. The van der Waals surface area contributed by atoms with Crippen LogP contribution < -0.4 is 25.4 Å². The van der Waals surface area contributed by atoms with Gasteiger partial charge in [-0.2, -0.15) is 0 Å². The molecule has 3 aromatic carbocycles. The summed E-state index contributed by atoms with van der Waals surface area (Å²) in [5, 5.41) is 11.5. The van der Waals surface area contributed by atoms with Crippen molar-refractivity contribution in [1.29, 1.82) is 0 Å². The Morgan fingerprint density at radius 2 is 1.76 bits per heavy atom. The van der Waals surface area contributed by atoms with E-state index in [0.717, 1.165) is 65.6 Å². The number of anilines is 3. The van der Waals surface area contributed by atoms with E-state index < -0.39 is 0 Å². The molecule has 1 spiro atoms. The number of hydrogen-bond acceptors (Lipinski definition) is 4. The lowest BCUT2D eigenvalue weighted by molar-refractivity contribution is 0.0594. The molecular formula is C29H29ClN4O2S2. The molecule has 5 rings (SSSR count). The van der Waals surface area contributed by atoms with Gasteiger partial charge in [0, 0.05) is 37.2 Å². The molecule has 0 aromatic heterocycles. The topological polar surface area (TPSA) is 57.8 Å². The van der Waals surface area contributed by atoms with Crippen LogP contribution in [0.3, 0.4) is 0 Å². The highest BCUT2D eigenvalue weighted by atomic mass is 35.5. The molecular weight excluding hydrogens is 536 g/mol. The summed E-state index contributed by atoms with van der Waals surface area (Å²) in [5.41, 5.74) is 4.28. The SMILES string of the molecule is COc1ccccc1NC(=S)N1CCC2(C=Cc3cc(NC(=S)Nc4cc(C)ccc4Cl)ccc3O2)CC1. The molecule has 38 heavy (non-hydrogen) atoms. The standard InChI is InChI=1S/C29H29ClN4O2S2/c1-19-7-9-22(30)24(17-19)32-27(37)31-21-8-10-25-20(18-21)11-12-29(36-25)13-15-34(16-14-29)28(38)33-23-5-3-4-6-26(23)35-2/h3-12,17-18H,13-16H2,1-2H3,(H,33,38)(H2,31,32,37). The number of hydrogen-bond donors (Lipinski definition) is 3. The fourth-order valence-electron chi connectivity index (χ4n) is 4.66. The van der Waals surface area contributed by atoms with Crippen molar-refractivity contribution in [3.63, 3.8) is 0 Å². The first kappa shape index (κ1) is 26.3. The van der Waals surface area contributed by atoms with Gasteiger partial charge in [-0.15, -0.1) is 0 Å². The Morgan fingerprint density at radius 1 is 0.974 bits per heavy atom. The van der Waals surface area contributed by atoms with E-state index >= 15 is 0 Å². The monoisotopic (exact) mass is 564 g/mol. The Kier molecular flexibility index (Phi) is 7.74. The van der Waals surface area contributed by atoms with E-state index in [2.05, 4.69) is 33.0 Å². The predicted molar refractivity (Wildman–Crippen MR) is 165 cm³/mol. The number of nitrogens with zero attached hydrogens (tertiary/aromatic N) is 1. The Hall–Kier alpha value is -3.33. The van der Waals surface area contributed by atoms with Crippen molar-refractivity contribution in [2.24, 2.45) is 0 Å². The van der Waals surface area contributed by atoms with Gasteiger partial charge in [0.1, 0.15) is 17.1 Å². The predicted octanol–water partition coefficient (Wildman–Crippen LogP) is 7.10. The Labute approximate surface area is 239 Å². The van der Waals surface area contributed by atoms with E-state index in [9.17, 15) is 0 Å². The quantitative estimate of drug-likeness (QED) is 0.290. The summed E-state index contributed by atoms with van der Waals surface area (Å²) >= 11 is 17.5. The lowest BCUT2D eigenvalue weighted by atomic mass is 9.88. The second kappa shape index (κ2) is 11.2. The van der Waals surface area contributed by atoms with Gasteiger partial charge in [-0.1, -0.05) is 35.9 Å². The van der Waals surface area contributed by atoms with Crippen LogP contribution in [0, 0.1) is 6.92 Å². The number of para-hydroxylation sites is 2.